The Balaban J connectivity index is 2.02. The number of halogens is 2. The van der Waals surface area contributed by atoms with Gasteiger partial charge in [0, 0.05) is 6.07 Å². The number of para-hydroxylation sites is 2. The van der Waals surface area contributed by atoms with E-state index in [0.29, 0.717) is 0 Å². The molecule has 2 aromatic rings. The zero-order valence-corrected chi connectivity index (χ0v) is 12.0. The highest BCUT2D eigenvalue weighted by Gasteiger charge is 2.21. The summed E-state index contributed by atoms with van der Waals surface area (Å²) in [5.74, 6) is -4.08. The molecule has 0 aliphatic carbocycles. The fraction of sp³-hybridized carbons (Fsp3) is 0.0667. The van der Waals surface area contributed by atoms with Gasteiger partial charge in [0.25, 0.3) is 11.6 Å². The van der Waals surface area contributed by atoms with Crippen LogP contribution in [0.3, 0.4) is 0 Å². The van der Waals surface area contributed by atoms with E-state index in [4.69, 9.17) is 0 Å². The lowest BCUT2D eigenvalue weighted by Gasteiger charge is -2.08. The lowest BCUT2D eigenvalue weighted by molar-refractivity contribution is -0.385. The Labute approximate surface area is 134 Å². The third-order valence-corrected chi connectivity index (χ3v) is 2.88. The van der Waals surface area contributed by atoms with Gasteiger partial charge < -0.3 is 10.1 Å². The van der Waals surface area contributed by atoms with Crippen molar-refractivity contribution in [1.82, 2.24) is 0 Å². The molecule has 1 amide bonds. The Hall–Kier alpha value is -3.36. The smallest absolute Gasteiger partial charge is 0.345 e. The van der Waals surface area contributed by atoms with Crippen molar-refractivity contribution in [2.45, 2.75) is 0 Å². The van der Waals surface area contributed by atoms with Crippen molar-refractivity contribution in [2.75, 3.05) is 11.9 Å². The van der Waals surface area contributed by atoms with Crippen LogP contribution in [0.25, 0.3) is 0 Å². The van der Waals surface area contributed by atoms with Crippen molar-refractivity contribution < 1.29 is 28.0 Å². The van der Waals surface area contributed by atoms with E-state index in [0.717, 1.165) is 30.3 Å². The van der Waals surface area contributed by atoms with E-state index < -0.39 is 46.4 Å². The molecule has 0 saturated carbocycles. The minimum Gasteiger partial charge on any atom is -0.452 e. The molecule has 2 aromatic carbocycles. The van der Waals surface area contributed by atoms with E-state index in [1.54, 1.807) is 0 Å². The second-order valence-corrected chi connectivity index (χ2v) is 4.50. The van der Waals surface area contributed by atoms with Crippen molar-refractivity contribution in [3.8, 4) is 0 Å². The van der Waals surface area contributed by atoms with Gasteiger partial charge in [-0.25, -0.2) is 13.6 Å². The van der Waals surface area contributed by atoms with Crippen molar-refractivity contribution in [2.24, 2.45) is 0 Å². The summed E-state index contributed by atoms with van der Waals surface area (Å²) in [7, 11) is 0. The number of hydrogen-bond donors (Lipinski definition) is 1. The van der Waals surface area contributed by atoms with Crippen LogP contribution in [0.4, 0.5) is 20.2 Å². The number of nitrogens with one attached hydrogen (secondary N) is 1. The summed E-state index contributed by atoms with van der Waals surface area (Å²) in [6.45, 7) is -0.862. The van der Waals surface area contributed by atoms with Crippen LogP contribution in [0.1, 0.15) is 10.4 Å². The zero-order chi connectivity index (χ0) is 17.7. The molecular weight excluding hydrogens is 326 g/mol. The first-order valence-corrected chi connectivity index (χ1v) is 6.54. The van der Waals surface area contributed by atoms with Gasteiger partial charge >= 0.3 is 5.97 Å². The Bertz CT molecular complexity index is 790. The molecule has 24 heavy (non-hydrogen) atoms. The largest absolute Gasteiger partial charge is 0.452 e. The minimum absolute atomic E-state index is 0.340. The summed E-state index contributed by atoms with van der Waals surface area (Å²) in [6, 6.07) is 8.02. The summed E-state index contributed by atoms with van der Waals surface area (Å²) in [4.78, 5) is 33.5. The quantitative estimate of drug-likeness (QED) is 0.514. The Morgan fingerprint density at radius 2 is 1.71 bits per heavy atom. The van der Waals surface area contributed by atoms with E-state index >= 15 is 0 Å². The highest BCUT2D eigenvalue weighted by molar-refractivity contribution is 5.97. The second kappa shape index (κ2) is 7.27. The fourth-order valence-corrected chi connectivity index (χ4v) is 1.81. The van der Waals surface area contributed by atoms with Crippen LogP contribution in [-0.2, 0) is 9.53 Å². The van der Waals surface area contributed by atoms with Gasteiger partial charge in [-0.2, -0.15) is 0 Å². The molecule has 0 fully saturated rings. The van der Waals surface area contributed by atoms with Crippen molar-refractivity contribution in [3.05, 3.63) is 69.8 Å². The van der Waals surface area contributed by atoms with Gasteiger partial charge in [-0.1, -0.05) is 18.2 Å². The average Bonchev–Trinajstić information content (AvgIpc) is 2.56. The summed E-state index contributed by atoms with van der Waals surface area (Å²) in [5, 5.41) is 12.7. The number of carbonyl (C=O) groups excluding carboxylic acids is 2. The van der Waals surface area contributed by atoms with Gasteiger partial charge in [-0.15, -0.1) is 0 Å². The maximum absolute atomic E-state index is 13.4. The minimum atomic E-state index is -1.11. The van der Waals surface area contributed by atoms with E-state index in [1.807, 2.05) is 5.32 Å². The summed E-state index contributed by atoms with van der Waals surface area (Å²) in [5.41, 5.74) is -1.50. The van der Waals surface area contributed by atoms with Crippen LogP contribution >= 0.6 is 0 Å². The molecule has 0 saturated heterocycles. The predicted octanol–water partition coefficient (Wildman–Crippen LogP) is 2.67. The Morgan fingerprint density at radius 3 is 2.33 bits per heavy atom. The molecule has 0 unspecified atom stereocenters. The van der Waals surface area contributed by atoms with Gasteiger partial charge in [0.05, 0.1) is 4.92 Å². The monoisotopic (exact) mass is 336 g/mol. The molecule has 9 heteroatoms. The van der Waals surface area contributed by atoms with Crippen molar-refractivity contribution in [1.29, 1.82) is 0 Å². The van der Waals surface area contributed by atoms with Crippen LogP contribution in [0, 0.1) is 21.7 Å². The summed E-state index contributed by atoms with van der Waals surface area (Å²) in [6.07, 6.45) is 0. The predicted molar refractivity (Wildman–Crippen MR) is 78.4 cm³/mol. The number of benzene rings is 2. The van der Waals surface area contributed by atoms with E-state index in [1.165, 1.54) is 12.1 Å². The SMILES string of the molecule is O=C(COC(=O)c1ccccc1[N+](=O)[O-])Nc1c(F)cccc1F. The van der Waals surface area contributed by atoms with E-state index in [2.05, 4.69) is 4.74 Å². The molecule has 0 aliphatic rings. The van der Waals surface area contributed by atoms with Crippen LogP contribution in [0.15, 0.2) is 42.5 Å². The maximum Gasteiger partial charge on any atom is 0.345 e. The van der Waals surface area contributed by atoms with Gasteiger partial charge in [-0.3, -0.25) is 14.9 Å². The molecule has 124 valence electrons. The Morgan fingerprint density at radius 1 is 1.08 bits per heavy atom. The lowest BCUT2D eigenvalue weighted by atomic mass is 10.2. The lowest BCUT2D eigenvalue weighted by Crippen LogP contribution is -2.22. The molecule has 0 spiro atoms. The molecule has 0 heterocycles. The maximum atomic E-state index is 13.4. The van der Waals surface area contributed by atoms with Crippen LogP contribution in [-0.4, -0.2) is 23.4 Å². The molecule has 0 bridgehead atoms. The summed E-state index contributed by atoms with van der Waals surface area (Å²) < 4.78 is 31.4. The van der Waals surface area contributed by atoms with E-state index in [9.17, 15) is 28.5 Å². The Kier molecular flexibility index (Phi) is 5.15. The third kappa shape index (κ3) is 3.88. The van der Waals surface area contributed by atoms with E-state index in [-0.39, 0.29) is 5.56 Å². The van der Waals surface area contributed by atoms with Crippen LogP contribution in [0.2, 0.25) is 0 Å². The van der Waals surface area contributed by atoms with Crippen molar-refractivity contribution in [3.63, 3.8) is 0 Å². The van der Waals surface area contributed by atoms with Crippen LogP contribution < -0.4 is 5.32 Å². The molecule has 2 rings (SSSR count). The highest BCUT2D eigenvalue weighted by Crippen LogP contribution is 2.19. The molecule has 0 atom stereocenters. The third-order valence-electron chi connectivity index (χ3n) is 2.88. The topological polar surface area (TPSA) is 98.5 Å². The number of carbonyl (C=O) groups is 2. The molecule has 1 N–H and O–H groups in total. The summed E-state index contributed by atoms with van der Waals surface area (Å²) >= 11 is 0. The highest BCUT2D eigenvalue weighted by atomic mass is 19.1. The van der Waals surface area contributed by atoms with Gasteiger partial charge in [0.1, 0.15) is 22.9 Å². The first-order chi connectivity index (χ1) is 11.4. The number of anilines is 1. The number of nitro groups is 1. The standard InChI is InChI=1S/C15H10F2N2O5/c16-10-5-3-6-11(17)14(10)18-13(20)8-24-15(21)9-4-1-2-7-12(9)19(22)23/h1-7H,8H2,(H,18,20). The van der Waals surface area contributed by atoms with Crippen LogP contribution in [0.5, 0.6) is 0 Å². The molecule has 0 radical (unpaired) electrons. The number of nitro benzene ring substituents is 1. The number of amides is 1. The number of rotatable bonds is 5. The first kappa shape index (κ1) is 17.0. The molecule has 7 nitrogen and oxygen atoms in total. The number of nitrogens with zero attached hydrogens (tertiary/aromatic N) is 1. The van der Waals surface area contributed by atoms with Gasteiger partial charge in [0.2, 0.25) is 0 Å². The zero-order valence-electron chi connectivity index (χ0n) is 12.0. The fourth-order valence-electron chi connectivity index (χ4n) is 1.81. The average molecular weight is 336 g/mol. The van der Waals surface area contributed by atoms with Crippen molar-refractivity contribution >= 4 is 23.3 Å². The number of esters is 1. The molecule has 0 aliphatic heterocycles. The van der Waals surface area contributed by atoms with Gasteiger partial charge in [0.15, 0.2) is 6.61 Å². The number of ether oxygens (including phenoxy) is 1. The second-order valence-electron chi connectivity index (χ2n) is 4.50. The molecule has 0 aromatic heterocycles. The first-order valence-electron chi connectivity index (χ1n) is 6.54. The van der Waals surface area contributed by atoms with Gasteiger partial charge in [-0.05, 0) is 18.2 Å². The normalized spacial score (nSPS) is 10.1. The molecular formula is C15H10F2N2O5. The number of hydrogen-bond acceptors (Lipinski definition) is 5.